The smallest absolute Gasteiger partial charge is 0.350 e. The van der Waals surface area contributed by atoms with Gasteiger partial charge >= 0.3 is 19.5 Å². The molecule has 0 amide bonds. The van der Waals surface area contributed by atoms with Crippen LogP contribution in [0.5, 0.6) is 0 Å². The molecule has 13 nitrogen and oxygen atoms in total. The van der Waals surface area contributed by atoms with Gasteiger partial charge in [-0.15, -0.1) is 0 Å². The summed E-state index contributed by atoms with van der Waals surface area (Å²) in [5.41, 5.74) is -2.31. The zero-order chi connectivity index (χ0) is 40.9. The molecule has 0 rings (SSSR count). The third kappa shape index (κ3) is 16.9. The van der Waals surface area contributed by atoms with Gasteiger partial charge in [-0.1, -0.05) is 41.5 Å². The van der Waals surface area contributed by atoms with Gasteiger partial charge < -0.3 is 23.0 Å². The van der Waals surface area contributed by atoms with Crippen molar-refractivity contribution in [3.8, 4) is 0 Å². The van der Waals surface area contributed by atoms with Gasteiger partial charge in [0.25, 0.3) is 0 Å². The van der Waals surface area contributed by atoms with Crippen LogP contribution in [0.15, 0.2) is 0 Å². The number of hydroxylamine groups is 4. The predicted molar refractivity (Wildman–Crippen MR) is 207 cm³/mol. The number of rotatable bonds is 23. The first-order chi connectivity index (χ1) is 23.5. The van der Waals surface area contributed by atoms with Crippen molar-refractivity contribution in [1.82, 2.24) is 10.1 Å². The Hall–Kier alpha value is -0.880. The summed E-state index contributed by atoms with van der Waals surface area (Å²) < 4.78 is 56.0. The lowest BCUT2D eigenvalue weighted by atomic mass is 9.94. The van der Waals surface area contributed by atoms with E-state index in [2.05, 4.69) is 0 Å². The predicted octanol–water partition coefficient (Wildman–Crippen LogP) is 9.43. The van der Waals surface area contributed by atoms with Gasteiger partial charge in [0, 0.05) is 17.7 Å². The van der Waals surface area contributed by atoms with E-state index in [1.807, 2.05) is 83.1 Å². The lowest BCUT2D eigenvalue weighted by Gasteiger charge is -2.48. The molecular formula is C37H76N2O11P2. The number of ether oxygens (including phenoxy) is 2. The summed E-state index contributed by atoms with van der Waals surface area (Å²) in [4.78, 5) is 38.3. The highest BCUT2D eigenvalue weighted by Crippen LogP contribution is 2.61. The zero-order valence-electron chi connectivity index (χ0n) is 36.0. The second-order valence-corrected chi connectivity index (χ2v) is 22.1. The fourth-order valence-corrected chi connectivity index (χ4v) is 11.3. The lowest BCUT2D eigenvalue weighted by molar-refractivity contribution is -0.263. The SMILES string of the molecule is CCOP(C)(=O)C(N(OC(C)C(=O)OCCCCCCOC(=O)C(C)ON(C(C(C)(C)C)P(=O)(OCC)OCC)C(C)(C)C)C(C)(C)C)C(C)(C)C. The maximum atomic E-state index is 14.0. The van der Waals surface area contributed by atoms with Gasteiger partial charge in [0.05, 0.1) is 33.0 Å². The largest absolute Gasteiger partial charge is 0.464 e. The normalized spacial score (nSPS) is 17.1. The summed E-state index contributed by atoms with van der Waals surface area (Å²) in [7, 11) is -6.84. The highest BCUT2D eigenvalue weighted by Gasteiger charge is 2.52. The standard InChI is InChI=1S/C37H76N2O11P2/c1-19-46-51(18,42)32(34(6,7)8)38(36(12,13)14)49-28(4)30(40)44-26-24-22-23-25-27-45-31(41)29(5)50-39(37(15,16)17)33(35(9,10)11)52(43,47-20-2)48-21-3/h28-29,32-33H,19-27H2,1-18H3. The van der Waals surface area contributed by atoms with E-state index in [4.69, 9.17) is 32.7 Å². The molecule has 0 saturated carbocycles. The minimum Gasteiger partial charge on any atom is -0.464 e. The number of unbranched alkanes of at least 4 members (excludes halogenated alkanes) is 3. The highest BCUT2D eigenvalue weighted by molar-refractivity contribution is 7.58. The first-order valence-corrected chi connectivity index (χ1v) is 22.6. The van der Waals surface area contributed by atoms with Crippen molar-refractivity contribution >= 4 is 26.9 Å². The molecule has 5 atom stereocenters. The first kappa shape index (κ1) is 51.1. The van der Waals surface area contributed by atoms with Crippen molar-refractivity contribution in [2.24, 2.45) is 10.8 Å². The molecule has 0 aliphatic heterocycles. The maximum Gasteiger partial charge on any atom is 0.350 e. The van der Waals surface area contributed by atoms with E-state index in [1.54, 1.807) is 51.4 Å². The van der Waals surface area contributed by atoms with E-state index in [9.17, 15) is 18.7 Å². The van der Waals surface area contributed by atoms with Crippen LogP contribution in [0, 0.1) is 10.8 Å². The van der Waals surface area contributed by atoms with Crippen LogP contribution in [-0.4, -0.2) is 96.6 Å². The maximum absolute atomic E-state index is 14.0. The molecule has 0 aliphatic carbocycles. The average molecular weight is 787 g/mol. The fraction of sp³-hybridized carbons (Fsp3) is 0.946. The first-order valence-electron chi connectivity index (χ1n) is 18.9. The Morgan fingerprint density at radius 1 is 0.558 bits per heavy atom. The number of hydrogen-bond acceptors (Lipinski definition) is 13. The summed E-state index contributed by atoms with van der Waals surface area (Å²) in [6.45, 7) is 34.6. The van der Waals surface area contributed by atoms with Gasteiger partial charge in [-0.3, -0.25) is 18.8 Å². The summed E-state index contributed by atoms with van der Waals surface area (Å²) in [6, 6.07) is 0. The molecule has 15 heteroatoms. The van der Waals surface area contributed by atoms with Crippen LogP contribution in [0.3, 0.4) is 0 Å². The number of hydrogen-bond donors (Lipinski definition) is 0. The van der Waals surface area contributed by atoms with E-state index < -0.39 is 72.6 Å². The van der Waals surface area contributed by atoms with Crippen molar-refractivity contribution in [1.29, 1.82) is 0 Å². The minimum absolute atomic E-state index is 0.197. The molecule has 0 radical (unpaired) electrons. The van der Waals surface area contributed by atoms with E-state index in [0.717, 1.165) is 12.8 Å². The molecule has 52 heavy (non-hydrogen) atoms. The van der Waals surface area contributed by atoms with E-state index in [0.29, 0.717) is 19.4 Å². The number of nitrogens with zero attached hydrogens (tertiary/aromatic N) is 2. The molecule has 0 bridgehead atoms. The Bertz CT molecular complexity index is 1160. The molecule has 0 aromatic rings. The summed E-state index contributed by atoms with van der Waals surface area (Å²) in [5, 5.41) is 3.22. The van der Waals surface area contributed by atoms with E-state index >= 15 is 0 Å². The molecule has 0 N–H and O–H groups in total. The lowest BCUT2D eigenvalue weighted by Crippen LogP contribution is -2.55. The summed E-state index contributed by atoms with van der Waals surface area (Å²) in [6.07, 6.45) is 0.868. The van der Waals surface area contributed by atoms with Crippen LogP contribution >= 0.6 is 15.0 Å². The molecule has 310 valence electrons. The summed E-state index contributed by atoms with van der Waals surface area (Å²) in [5.74, 6) is -2.45. The molecule has 0 aromatic carbocycles. The van der Waals surface area contributed by atoms with Gasteiger partial charge in [0.2, 0.25) is 7.37 Å². The number of esters is 2. The Labute approximate surface area is 316 Å². The molecule has 0 aliphatic rings. The molecule has 0 heterocycles. The Morgan fingerprint density at radius 2 is 0.885 bits per heavy atom. The van der Waals surface area contributed by atoms with Crippen molar-refractivity contribution in [3.63, 3.8) is 0 Å². The summed E-state index contributed by atoms with van der Waals surface area (Å²) >= 11 is 0. The van der Waals surface area contributed by atoms with E-state index in [1.165, 1.54) is 0 Å². The average Bonchev–Trinajstić information content (AvgIpc) is 2.95. The number of carbonyl (C=O) groups is 2. The third-order valence-electron chi connectivity index (χ3n) is 7.80. The Morgan fingerprint density at radius 3 is 1.17 bits per heavy atom. The molecule has 0 aromatic heterocycles. The van der Waals surface area contributed by atoms with Gasteiger partial charge in [0.1, 0.15) is 11.6 Å². The molecule has 0 spiro atoms. The second-order valence-electron chi connectivity index (χ2n) is 17.4. The topological polar surface area (TPSA) is 139 Å². The third-order valence-corrected chi connectivity index (χ3v) is 13.3. The quantitative estimate of drug-likeness (QED) is 0.0421. The Balaban J connectivity index is 5.13. The van der Waals surface area contributed by atoms with Gasteiger partial charge in [-0.25, -0.2) is 9.59 Å². The monoisotopic (exact) mass is 786 g/mol. The molecule has 5 unspecified atom stereocenters. The van der Waals surface area contributed by atoms with Crippen molar-refractivity contribution in [3.05, 3.63) is 0 Å². The van der Waals surface area contributed by atoms with E-state index in [-0.39, 0.29) is 26.4 Å². The van der Waals surface area contributed by atoms with Gasteiger partial charge in [0.15, 0.2) is 12.2 Å². The number of carbonyl (C=O) groups excluding carboxylic acids is 2. The minimum atomic E-state index is -3.68. The molecular weight excluding hydrogens is 710 g/mol. The van der Waals surface area contributed by atoms with Crippen molar-refractivity contribution in [2.75, 3.05) is 39.7 Å². The van der Waals surface area contributed by atoms with Crippen LogP contribution in [0.1, 0.15) is 143 Å². The fourth-order valence-electron chi connectivity index (χ4n) is 5.80. The van der Waals surface area contributed by atoms with Crippen LogP contribution in [0.25, 0.3) is 0 Å². The van der Waals surface area contributed by atoms with Crippen LogP contribution in [0.2, 0.25) is 0 Å². The van der Waals surface area contributed by atoms with Crippen molar-refractivity contribution in [2.45, 2.75) is 178 Å². The van der Waals surface area contributed by atoms with Gasteiger partial charge in [-0.05, 0) is 113 Å². The van der Waals surface area contributed by atoms with Crippen LogP contribution < -0.4 is 0 Å². The van der Waals surface area contributed by atoms with Crippen molar-refractivity contribution < 1.29 is 51.4 Å². The molecule has 0 saturated heterocycles. The zero-order valence-corrected chi connectivity index (χ0v) is 37.7. The van der Waals surface area contributed by atoms with Crippen LogP contribution in [0.4, 0.5) is 0 Å². The Kier molecular flexibility index (Phi) is 21.1. The second kappa shape index (κ2) is 21.4. The van der Waals surface area contributed by atoms with Crippen LogP contribution in [-0.2, 0) is 51.4 Å². The molecule has 0 fully saturated rings. The van der Waals surface area contributed by atoms with Gasteiger partial charge in [-0.2, -0.15) is 10.1 Å². The highest BCUT2D eigenvalue weighted by atomic mass is 31.2.